The molecule has 1 aliphatic rings. The number of carbonyl (C=O) groups is 2. The fourth-order valence-electron chi connectivity index (χ4n) is 7.40. The van der Waals surface area contributed by atoms with Crippen LogP contribution in [0.25, 0.3) is 11.0 Å². The van der Waals surface area contributed by atoms with E-state index in [0.717, 1.165) is 16.7 Å². The van der Waals surface area contributed by atoms with Crippen LogP contribution in [0.4, 0.5) is 22.1 Å². The standard InChI is InChI=1S/C48H44BrN5O7/c1-47(2,3)44(57)52-45-50-41-38(42(51-45)61-46(58)54(34-25-15-7-16-26-34)35-27-17-8-18-28-35)36(49)29-53(41)43-40(56)39(55)37(60-43)30-59-48(31-19-9-4-10-20-31,32-21-11-5-12-22-32)33-23-13-6-14-24-33/h4-29,37,39-40,43,55-56H,30H2,1-3H3,(H,50,51,52,57)/t37?,39-,40-,43?/m1/s1. The van der Waals surface area contributed by atoms with Gasteiger partial charge in [0.25, 0.3) is 0 Å². The zero-order valence-corrected chi connectivity index (χ0v) is 35.2. The second-order valence-corrected chi connectivity index (χ2v) is 16.5. The topological polar surface area (TPSA) is 148 Å². The lowest BCUT2D eigenvalue weighted by molar-refractivity contribution is -0.123. The highest BCUT2D eigenvalue weighted by Gasteiger charge is 2.47. The summed E-state index contributed by atoms with van der Waals surface area (Å²) in [7, 11) is 0. The number of aliphatic hydroxyl groups is 2. The van der Waals surface area contributed by atoms with E-state index in [1.165, 1.54) is 9.47 Å². The van der Waals surface area contributed by atoms with E-state index in [4.69, 9.17) is 19.2 Å². The molecule has 0 bridgehead atoms. The Labute approximate surface area is 361 Å². The molecule has 0 radical (unpaired) electrons. The highest BCUT2D eigenvalue weighted by atomic mass is 79.9. The average molecular weight is 883 g/mol. The number of hydrogen-bond donors (Lipinski definition) is 3. The highest BCUT2D eigenvalue weighted by Crippen LogP contribution is 2.43. The number of aromatic nitrogens is 3. The molecule has 13 heteroatoms. The Kier molecular flexibility index (Phi) is 11.8. The van der Waals surface area contributed by atoms with Crippen LogP contribution in [0.1, 0.15) is 43.7 Å². The van der Waals surface area contributed by atoms with Gasteiger partial charge in [0.2, 0.25) is 17.7 Å². The second-order valence-electron chi connectivity index (χ2n) is 15.7. The number of rotatable bonds is 11. The second kappa shape index (κ2) is 17.4. The molecule has 12 nitrogen and oxygen atoms in total. The molecule has 0 saturated carbocycles. The molecule has 7 aromatic rings. The molecule has 8 rings (SSSR count). The first-order valence-corrected chi connectivity index (χ1v) is 20.6. The molecule has 3 N–H and O–H groups in total. The van der Waals surface area contributed by atoms with Gasteiger partial charge in [0.15, 0.2) is 11.9 Å². The van der Waals surface area contributed by atoms with E-state index >= 15 is 0 Å². The molecule has 1 aliphatic heterocycles. The van der Waals surface area contributed by atoms with Gasteiger partial charge in [-0.1, -0.05) is 148 Å². The lowest BCUT2D eigenvalue weighted by Gasteiger charge is -2.37. The van der Waals surface area contributed by atoms with E-state index in [9.17, 15) is 19.8 Å². The Balaban J connectivity index is 1.17. The lowest BCUT2D eigenvalue weighted by atomic mass is 9.80. The molecule has 1 saturated heterocycles. The van der Waals surface area contributed by atoms with E-state index in [1.807, 2.05) is 127 Å². The first kappa shape index (κ1) is 41.5. The Hall–Kier alpha value is -6.22. The van der Waals surface area contributed by atoms with Crippen LogP contribution < -0.4 is 15.0 Å². The number of hydrogen-bond acceptors (Lipinski definition) is 9. The molecular weight excluding hydrogens is 838 g/mol. The van der Waals surface area contributed by atoms with Crippen molar-refractivity contribution in [3.05, 3.63) is 179 Å². The Morgan fingerprint density at radius 1 is 0.738 bits per heavy atom. The smallest absolute Gasteiger partial charge is 0.390 e. The van der Waals surface area contributed by atoms with Crippen molar-refractivity contribution < 1.29 is 34.0 Å². The van der Waals surface area contributed by atoms with Crippen molar-refractivity contribution in [2.45, 2.75) is 50.9 Å². The van der Waals surface area contributed by atoms with Crippen molar-refractivity contribution >= 4 is 56.3 Å². The fourth-order valence-corrected chi connectivity index (χ4v) is 7.97. The maximum atomic E-state index is 14.2. The molecule has 3 heterocycles. The number of aliphatic hydroxyl groups excluding tert-OH is 2. The number of fused-ring (bicyclic) bond motifs is 1. The summed E-state index contributed by atoms with van der Waals surface area (Å²) in [5.41, 5.74) is 1.87. The number of nitrogens with zero attached hydrogens (tertiary/aromatic N) is 4. The Morgan fingerprint density at radius 3 is 1.69 bits per heavy atom. The normalized spacial score (nSPS) is 17.9. The van der Waals surface area contributed by atoms with Crippen molar-refractivity contribution in [1.29, 1.82) is 0 Å². The highest BCUT2D eigenvalue weighted by molar-refractivity contribution is 9.10. The third kappa shape index (κ3) is 8.30. The number of ether oxygens (including phenoxy) is 3. The molecule has 4 atom stereocenters. The molecule has 2 amide bonds. The number of benzene rings is 5. The molecule has 2 unspecified atom stereocenters. The fraction of sp³-hybridized carbons (Fsp3) is 0.208. The van der Waals surface area contributed by atoms with Gasteiger partial charge >= 0.3 is 6.09 Å². The molecule has 1 fully saturated rings. The van der Waals surface area contributed by atoms with Gasteiger partial charge in [-0.3, -0.25) is 10.1 Å². The zero-order chi connectivity index (χ0) is 42.7. The van der Waals surface area contributed by atoms with Crippen LogP contribution >= 0.6 is 15.9 Å². The first-order valence-electron chi connectivity index (χ1n) is 19.8. The van der Waals surface area contributed by atoms with Crippen LogP contribution in [0.5, 0.6) is 5.88 Å². The van der Waals surface area contributed by atoms with Gasteiger partial charge in [0.1, 0.15) is 23.9 Å². The molecule has 61 heavy (non-hydrogen) atoms. The minimum atomic E-state index is -1.46. The number of carbonyl (C=O) groups excluding carboxylic acids is 2. The number of halogens is 1. The summed E-state index contributed by atoms with van der Waals surface area (Å²) in [6.07, 6.45) is -4.26. The summed E-state index contributed by atoms with van der Waals surface area (Å²) in [6.45, 7) is 5.10. The summed E-state index contributed by atoms with van der Waals surface area (Å²) in [6, 6.07) is 47.5. The third-order valence-electron chi connectivity index (χ3n) is 10.5. The number of para-hydroxylation sites is 2. The average Bonchev–Trinajstić information content (AvgIpc) is 3.76. The molecule has 0 spiro atoms. The van der Waals surface area contributed by atoms with E-state index in [-0.39, 0.29) is 35.4 Å². The quantitative estimate of drug-likeness (QED) is 0.108. The summed E-state index contributed by atoms with van der Waals surface area (Å²) in [4.78, 5) is 38.2. The molecule has 5 aromatic carbocycles. The van der Waals surface area contributed by atoms with Gasteiger partial charge in [0.05, 0.1) is 27.8 Å². The van der Waals surface area contributed by atoms with Crippen molar-refractivity contribution in [2.24, 2.45) is 5.41 Å². The van der Waals surface area contributed by atoms with Gasteiger partial charge in [0, 0.05) is 11.6 Å². The van der Waals surface area contributed by atoms with Crippen molar-refractivity contribution in [3.63, 3.8) is 0 Å². The summed E-state index contributed by atoms with van der Waals surface area (Å²) in [5.74, 6) is -0.715. The SMILES string of the molecule is CC(C)(C)C(=O)Nc1nc(OC(=O)N(c2ccccc2)c2ccccc2)c2c(Br)cn(C3OC(COC(c4ccccc4)(c4ccccc4)c4ccccc4)[C@@H](O)[C@H]3O)c2n1. The van der Waals surface area contributed by atoms with E-state index in [1.54, 1.807) is 51.2 Å². The van der Waals surface area contributed by atoms with Gasteiger partial charge in [-0.05, 0) is 56.9 Å². The summed E-state index contributed by atoms with van der Waals surface area (Å²) >= 11 is 3.61. The van der Waals surface area contributed by atoms with Crippen molar-refractivity contribution in [2.75, 3.05) is 16.8 Å². The molecule has 310 valence electrons. The maximum Gasteiger partial charge on any atom is 0.425 e. The van der Waals surface area contributed by atoms with E-state index < -0.39 is 41.6 Å². The van der Waals surface area contributed by atoms with Crippen LogP contribution in [-0.2, 0) is 19.9 Å². The van der Waals surface area contributed by atoms with Gasteiger partial charge in [-0.25, -0.2) is 9.69 Å². The monoisotopic (exact) mass is 881 g/mol. The van der Waals surface area contributed by atoms with Crippen LogP contribution in [0, 0.1) is 5.41 Å². The van der Waals surface area contributed by atoms with Gasteiger partial charge < -0.3 is 29.0 Å². The predicted octanol–water partition coefficient (Wildman–Crippen LogP) is 9.14. The maximum absolute atomic E-state index is 14.2. The minimum absolute atomic E-state index is 0.132. The van der Waals surface area contributed by atoms with Crippen LogP contribution in [0.15, 0.2) is 162 Å². The summed E-state index contributed by atoms with van der Waals surface area (Å²) in [5, 5.41) is 26.4. The number of nitrogens with one attached hydrogen (secondary N) is 1. The molecule has 2 aromatic heterocycles. The zero-order valence-electron chi connectivity index (χ0n) is 33.6. The summed E-state index contributed by atoms with van der Waals surface area (Å²) < 4.78 is 21.5. The minimum Gasteiger partial charge on any atom is -0.390 e. The third-order valence-corrected chi connectivity index (χ3v) is 11.1. The Bertz CT molecular complexity index is 2470. The van der Waals surface area contributed by atoms with E-state index in [0.29, 0.717) is 15.8 Å². The van der Waals surface area contributed by atoms with Crippen molar-refractivity contribution in [3.8, 4) is 5.88 Å². The van der Waals surface area contributed by atoms with Crippen LogP contribution in [0.3, 0.4) is 0 Å². The first-order chi connectivity index (χ1) is 29.5. The Morgan fingerprint density at radius 2 is 1.21 bits per heavy atom. The van der Waals surface area contributed by atoms with Crippen LogP contribution in [0.2, 0.25) is 0 Å². The van der Waals surface area contributed by atoms with Crippen molar-refractivity contribution in [1.82, 2.24) is 14.5 Å². The predicted molar refractivity (Wildman–Crippen MR) is 235 cm³/mol. The van der Waals surface area contributed by atoms with Gasteiger partial charge in [-0.15, -0.1) is 0 Å². The molecule has 0 aliphatic carbocycles. The van der Waals surface area contributed by atoms with E-state index in [2.05, 4.69) is 26.2 Å². The van der Waals surface area contributed by atoms with Gasteiger partial charge in [-0.2, -0.15) is 9.97 Å². The molecular formula is C48H44BrN5O7. The number of anilines is 3. The van der Waals surface area contributed by atoms with Crippen LogP contribution in [-0.4, -0.2) is 61.7 Å². The largest absolute Gasteiger partial charge is 0.425 e. The lowest BCUT2D eigenvalue weighted by Crippen LogP contribution is -2.39. The number of amides is 2.